The average molecular weight is 412 g/mol. The van der Waals surface area contributed by atoms with Crippen LogP contribution in [0.3, 0.4) is 0 Å². The summed E-state index contributed by atoms with van der Waals surface area (Å²) in [4.78, 5) is 26.0. The van der Waals surface area contributed by atoms with E-state index in [1.807, 2.05) is 24.3 Å². The van der Waals surface area contributed by atoms with Gasteiger partial charge in [-0.2, -0.15) is 0 Å². The number of esters is 1. The first-order valence-electron chi connectivity index (χ1n) is 10.0. The summed E-state index contributed by atoms with van der Waals surface area (Å²) in [6.45, 7) is 6.68. The minimum absolute atomic E-state index is 0.156. The van der Waals surface area contributed by atoms with E-state index < -0.39 is 5.97 Å². The molecule has 1 heterocycles. The maximum absolute atomic E-state index is 12.5. The van der Waals surface area contributed by atoms with Gasteiger partial charge in [-0.15, -0.1) is 0 Å². The van der Waals surface area contributed by atoms with E-state index in [9.17, 15) is 9.59 Å². The number of hydrogen-bond acceptors (Lipinski definition) is 6. The second-order valence-electron chi connectivity index (χ2n) is 7.49. The topological polar surface area (TPSA) is 77.1 Å². The number of nitrogens with zero attached hydrogens (tertiary/aromatic N) is 1. The van der Waals surface area contributed by atoms with Crippen molar-refractivity contribution in [2.45, 2.75) is 32.6 Å². The summed E-state index contributed by atoms with van der Waals surface area (Å²) < 4.78 is 15.6. The summed E-state index contributed by atoms with van der Waals surface area (Å²) >= 11 is 0. The van der Waals surface area contributed by atoms with E-state index in [-0.39, 0.29) is 24.7 Å². The van der Waals surface area contributed by atoms with Gasteiger partial charge in [0.2, 0.25) is 0 Å². The third-order valence-electron chi connectivity index (χ3n) is 4.81. The molecule has 0 radical (unpaired) electrons. The standard InChI is InChI=1S/C23H28N2O5/c1-16-12-25(13-17(2)30-16)14-18-4-6-19(7-5-18)23(27)24-20-8-10-21(11-9-20)29-15-22(26)28-3/h4-11,16-17H,12-15H2,1-3H3,(H,24,27). The van der Waals surface area contributed by atoms with Gasteiger partial charge in [0.15, 0.2) is 6.61 Å². The van der Waals surface area contributed by atoms with Gasteiger partial charge in [-0.25, -0.2) is 4.79 Å². The van der Waals surface area contributed by atoms with E-state index in [1.165, 1.54) is 12.7 Å². The zero-order valence-corrected chi connectivity index (χ0v) is 17.6. The van der Waals surface area contributed by atoms with Crippen molar-refractivity contribution >= 4 is 17.6 Å². The van der Waals surface area contributed by atoms with Gasteiger partial charge in [-0.05, 0) is 55.8 Å². The fraction of sp³-hybridized carbons (Fsp3) is 0.391. The van der Waals surface area contributed by atoms with E-state index in [4.69, 9.17) is 9.47 Å². The van der Waals surface area contributed by atoms with Gasteiger partial charge in [0.25, 0.3) is 5.91 Å². The van der Waals surface area contributed by atoms with Crippen LogP contribution in [0.5, 0.6) is 5.75 Å². The summed E-state index contributed by atoms with van der Waals surface area (Å²) in [6.07, 6.45) is 0.465. The van der Waals surface area contributed by atoms with Gasteiger partial charge >= 0.3 is 5.97 Å². The van der Waals surface area contributed by atoms with Crippen LogP contribution in [0.2, 0.25) is 0 Å². The van der Waals surface area contributed by atoms with Crippen molar-refractivity contribution in [1.82, 2.24) is 4.90 Å². The largest absolute Gasteiger partial charge is 0.482 e. The molecule has 30 heavy (non-hydrogen) atoms. The molecule has 1 aliphatic heterocycles. The predicted molar refractivity (Wildman–Crippen MR) is 114 cm³/mol. The number of morpholine rings is 1. The first-order valence-corrected chi connectivity index (χ1v) is 10.0. The molecular weight excluding hydrogens is 384 g/mol. The number of rotatable bonds is 7. The van der Waals surface area contributed by atoms with Gasteiger partial charge in [-0.1, -0.05) is 12.1 Å². The van der Waals surface area contributed by atoms with E-state index in [1.54, 1.807) is 24.3 Å². The van der Waals surface area contributed by atoms with Crippen LogP contribution in [-0.2, 0) is 20.8 Å². The molecule has 0 aromatic heterocycles. The molecule has 3 rings (SSSR count). The molecule has 2 aromatic rings. The smallest absolute Gasteiger partial charge is 0.343 e. The Hall–Kier alpha value is -2.90. The van der Waals surface area contributed by atoms with Gasteiger partial charge in [0.05, 0.1) is 19.3 Å². The molecule has 0 aliphatic carbocycles. The van der Waals surface area contributed by atoms with Crippen molar-refractivity contribution in [1.29, 1.82) is 0 Å². The molecule has 2 aromatic carbocycles. The quantitative estimate of drug-likeness (QED) is 0.705. The lowest BCUT2D eigenvalue weighted by Crippen LogP contribution is -2.44. The second-order valence-corrected chi connectivity index (χ2v) is 7.49. The fourth-order valence-electron chi connectivity index (χ4n) is 3.47. The number of benzene rings is 2. The number of nitrogens with one attached hydrogen (secondary N) is 1. The molecule has 7 heteroatoms. The summed E-state index contributed by atoms with van der Waals surface area (Å²) in [5, 5.41) is 2.86. The third-order valence-corrected chi connectivity index (χ3v) is 4.81. The zero-order chi connectivity index (χ0) is 21.5. The maximum Gasteiger partial charge on any atom is 0.343 e. The predicted octanol–water partition coefficient (Wildman–Crippen LogP) is 3.10. The summed E-state index contributed by atoms with van der Waals surface area (Å²) in [6, 6.07) is 14.5. The lowest BCUT2D eigenvalue weighted by Gasteiger charge is -2.35. The normalized spacial score (nSPS) is 19.2. The van der Waals surface area contributed by atoms with E-state index >= 15 is 0 Å². The Morgan fingerprint density at radius 2 is 1.67 bits per heavy atom. The van der Waals surface area contributed by atoms with Crippen LogP contribution < -0.4 is 10.1 Å². The van der Waals surface area contributed by atoms with E-state index in [2.05, 4.69) is 28.8 Å². The molecule has 1 fully saturated rings. The van der Waals surface area contributed by atoms with E-state index in [0.717, 1.165) is 19.6 Å². The molecule has 1 N–H and O–H groups in total. The number of carbonyl (C=O) groups excluding carboxylic acids is 2. The highest BCUT2D eigenvalue weighted by Crippen LogP contribution is 2.18. The Morgan fingerprint density at radius 1 is 1.03 bits per heavy atom. The first-order chi connectivity index (χ1) is 14.4. The van der Waals surface area contributed by atoms with Crippen molar-refractivity contribution in [3.05, 3.63) is 59.7 Å². The lowest BCUT2D eigenvalue weighted by molar-refractivity contribution is -0.142. The van der Waals surface area contributed by atoms with Crippen LogP contribution >= 0.6 is 0 Å². The van der Waals surface area contributed by atoms with E-state index in [0.29, 0.717) is 17.0 Å². The number of hydrogen-bond donors (Lipinski definition) is 1. The molecular formula is C23H28N2O5. The SMILES string of the molecule is COC(=O)COc1ccc(NC(=O)c2ccc(CN3CC(C)OC(C)C3)cc2)cc1. The first kappa shape index (κ1) is 21.8. The molecule has 2 atom stereocenters. The Labute approximate surface area is 176 Å². The molecule has 7 nitrogen and oxygen atoms in total. The van der Waals surface area contributed by atoms with Crippen LogP contribution in [0.15, 0.2) is 48.5 Å². The van der Waals surface area contributed by atoms with Gasteiger partial charge in [0.1, 0.15) is 5.75 Å². The van der Waals surface area contributed by atoms with Crippen LogP contribution in [0.4, 0.5) is 5.69 Å². The number of methoxy groups -OCH3 is 1. The molecule has 160 valence electrons. The average Bonchev–Trinajstić information content (AvgIpc) is 2.72. The number of ether oxygens (including phenoxy) is 3. The molecule has 1 aliphatic rings. The molecule has 1 saturated heterocycles. The molecule has 1 amide bonds. The van der Waals surface area contributed by atoms with Gasteiger partial charge < -0.3 is 19.5 Å². The van der Waals surface area contributed by atoms with Crippen molar-refractivity contribution < 1.29 is 23.8 Å². The van der Waals surface area contributed by atoms with Crippen LogP contribution in [0.25, 0.3) is 0 Å². The zero-order valence-electron chi connectivity index (χ0n) is 17.6. The van der Waals surface area contributed by atoms with Crippen LogP contribution in [0.1, 0.15) is 29.8 Å². The van der Waals surface area contributed by atoms with Gasteiger partial charge in [0, 0.05) is 30.9 Å². The van der Waals surface area contributed by atoms with Crippen molar-refractivity contribution in [2.24, 2.45) is 0 Å². The molecule has 0 bridgehead atoms. The van der Waals surface area contributed by atoms with Crippen molar-refractivity contribution in [3.63, 3.8) is 0 Å². The van der Waals surface area contributed by atoms with Crippen LogP contribution in [0, 0.1) is 0 Å². The highest BCUT2D eigenvalue weighted by Gasteiger charge is 2.22. The Kier molecular flexibility index (Phi) is 7.43. The fourth-order valence-corrected chi connectivity index (χ4v) is 3.47. The number of carbonyl (C=O) groups is 2. The number of amides is 1. The van der Waals surface area contributed by atoms with Crippen LogP contribution in [-0.4, -0.2) is 55.8 Å². The minimum atomic E-state index is -0.450. The van der Waals surface area contributed by atoms with Crippen molar-refractivity contribution in [3.8, 4) is 5.75 Å². The second kappa shape index (κ2) is 10.2. The molecule has 0 spiro atoms. The molecule has 0 saturated carbocycles. The number of anilines is 1. The summed E-state index contributed by atoms with van der Waals surface area (Å²) in [5.74, 6) is -0.110. The Bertz CT molecular complexity index is 841. The monoisotopic (exact) mass is 412 g/mol. The minimum Gasteiger partial charge on any atom is -0.482 e. The summed E-state index contributed by atoms with van der Waals surface area (Å²) in [7, 11) is 1.31. The lowest BCUT2D eigenvalue weighted by atomic mass is 10.1. The third kappa shape index (κ3) is 6.30. The van der Waals surface area contributed by atoms with Gasteiger partial charge in [-0.3, -0.25) is 9.69 Å². The molecule has 2 unspecified atom stereocenters. The Morgan fingerprint density at radius 3 is 2.27 bits per heavy atom. The summed E-state index contributed by atoms with van der Waals surface area (Å²) in [5.41, 5.74) is 2.40. The highest BCUT2D eigenvalue weighted by molar-refractivity contribution is 6.04. The van der Waals surface area contributed by atoms with Crippen molar-refractivity contribution in [2.75, 3.05) is 32.1 Å². The maximum atomic E-state index is 12.5. The highest BCUT2D eigenvalue weighted by atomic mass is 16.6. The Balaban J connectivity index is 1.52.